The molecule has 2 aliphatic heterocycles. The van der Waals surface area contributed by atoms with Gasteiger partial charge in [0.1, 0.15) is 5.76 Å². The fourth-order valence-corrected chi connectivity index (χ4v) is 4.45. The van der Waals surface area contributed by atoms with Crippen molar-refractivity contribution < 1.29 is 23.5 Å². The minimum absolute atomic E-state index is 0.00562. The van der Waals surface area contributed by atoms with Gasteiger partial charge in [-0.2, -0.15) is 0 Å². The number of nitrogens with zero attached hydrogens (tertiary/aromatic N) is 1. The molecule has 0 unspecified atom stereocenters. The number of rotatable bonds is 4. The maximum absolute atomic E-state index is 12.8. The molecule has 0 bridgehead atoms. The second kappa shape index (κ2) is 8.02. The van der Waals surface area contributed by atoms with Crippen molar-refractivity contribution in [3.8, 4) is 0 Å². The van der Waals surface area contributed by atoms with Crippen LogP contribution < -0.4 is 5.32 Å². The van der Waals surface area contributed by atoms with Crippen LogP contribution in [0.25, 0.3) is 0 Å². The van der Waals surface area contributed by atoms with Crippen LogP contribution in [-0.2, 0) is 25.6 Å². The highest BCUT2D eigenvalue weighted by atomic mass is 16.7. The molecule has 1 N–H and O–H groups in total. The SMILES string of the molecule is O=C(NCc1ccco1)C1CCC(C(=O)N2CCC3(CC2)OCCO3)CC1. The second-order valence-electron chi connectivity index (χ2n) is 7.78. The van der Waals surface area contributed by atoms with Gasteiger partial charge in [-0.3, -0.25) is 9.59 Å². The standard InChI is InChI=1S/C20H28N2O5/c23-18(21-14-17-2-1-11-25-17)15-3-5-16(6-4-15)19(24)22-9-7-20(8-10-22)26-12-13-27-20/h1-2,11,15-16H,3-10,12-14H2,(H,21,23). The summed E-state index contributed by atoms with van der Waals surface area (Å²) in [6.07, 6.45) is 6.21. The fraction of sp³-hybridized carbons (Fsp3) is 0.700. The quantitative estimate of drug-likeness (QED) is 0.870. The predicted molar refractivity (Wildman–Crippen MR) is 96.5 cm³/mol. The Bertz CT molecular complexity index is 635. The molecule has 0 radical (unpaired) electrons. The maximum Gasteiger partial charge on any atom is 0.225 e. The monoisotopic (exact) mass is 376 g/mol. The Morgan fingerprint density at radius 3 is 2.37 bits per heavy atom. The molecule has 3 fully saturated rings. The second-order valence-corrected chi connectivity index (χ2v) is 7.78. The smallest absolute Gasteiger partial charge is 0.225 e. The van der Waals surface area contributed by atoms with Crippen molar-refractivity contribution in [1.82, 2.24) is 10.2 Å². The zero-order chi connectivity index (χ0) is 18.7. The van der Waals surface area contributed by atoms with E-state index in [4.69, 9.17) is 13.9 Å². The van der Waals surface area contributed by atoms with Gasteiger partial charge in [0.25, 0.3) is 0 Å². The van der Waals surface area contributed by atoms with Gasteiger partial charge >= 0.3 is 0 Å². The summed E-state index contributed by atoms with van der Waals surface area (Å²) in [4.78, 5) is 27.1. The molecule has 1 aromatic heterocycles. The molecule has 148 valence electrons. The van der Waals surface area contributed by atoms with Crippen LogP contribution in [0.4, 0.5) is 0 Å². The highest BCUT2D eigenvalue weighted by molar-refractivity contribution is 5.81. The van der Waals surface area contributed by atoms with Gasteiger partial charge in [-0.1, -0.05) is 0 Å². The predicted octanol–water partition coefficient (Wildman–Crippen LogP) is 2.07. The van der Waals surface area contributed by atoms with E-state index in [-0.39, 0.29) is 23.7 Å². The van der Waals surface area contributed by atoms with Crippen LogP contribution >= 0.6 is 0 Å². The van der Waals surface area contributed by atoms with Gasteiger partial charge in [0.05, 0.1) is 26.0 Å². The molecule has 27 heavy (non-hydrogen) atoms. The number of hydrogen-bond donors (Lipinski definition) is 1. The molecule has 7 nitrogen and oxygen atoms in total. The summed E-state index contributed by atoms with van der Waals surface area (Å²) in [6.45, 7) is 3.12. The van der Waals surface area contributed by atoms with Crippen LogP contribution in [0.15, 0.2) is 22.8 Å². The van der Waals surface area contributed by atoms with E-state index in [1.54, 1.807) is 6.26 Å². The zero-order valence-electron chi connectivity index (χ0n) is 15.7. The third-order valence-electron chi connectivity index (χ3n) is 6.11. The molecule has 1 aliphatic carbocycles. The normalized spacial score (nSPS) is 27.6. The van der Waals surface area contributed by atoms with Gasteiger partial charge < -0.3 is 24.1 Å². The summed E-state index contributed by atoms with van der Waals surface area (Å²) in [6, 6.07) is 3.66. The number of amides is 2. The average molecular weight is 376 g/mol. The Hall–Kier alpha value is -1.86. The van der Waals surface area contributed by atoms with Crippen molar-refractivity contribution in [2.45, 2.75) is 50.9 Å². The number of carbonyl (C=O) groups excluding carboxylic acids is 2. The molecule has 7 heteroatoms. The van der Waals surface area contributed by atoms with Crippen molar-refractivity contribution in [2.24, 2.45) is 11.8 Å². The molecule has 0 aromatic carbocycles. The summed E-state index contributed by atoms with van der Waals surface area (Å²) in [5.74, 6) is 0.642. The first-order chi connectivity index (χ1) is 13.2. The van der Waals surface area contributed by atoms with Gasteiger partial charge in [0.2, 0.25) is 11.8 Å². The molecule has 3 aliphatic rings. The molecular formula is C20H28N2O5. The first-order valence-corrected chi connectivity index (χ1v) is 10.0. The lowest BCUT2D eigenvalue weighted by Crippen LogP contribution is -2.49. The summed E-state index contributed by atoms with van der Waals surface area (Å²) in [5.41, 5.74) is 0. The van der Waals surface area contributed by atoms with E-state index in [1.165, 1.54) is 0 Å². The van der Waals surface area contributed by atoms with Crippen molar-refractivity contribution in [3.63, 3.8) is 0 Å². The Morgan fingerprint density at radius 2 is 1.74 bits per heavy atom. The van der Waals surface area contributed by atoms with E-state index < -0.39 is 5.79 Å². The van der Waals surface area contributed by atoms with E-state index in [9.17, 15) is 9.59 Å². The number of ether oxygens (including phenoxy) is 2. The summed E-state index contributed by atoms with van der Waals surface area (Å²) in [5, 5.41) is 2.93. The van der Waals surface area contributed by atoms with Gasteiger partial charge in [-0.15, -0.1) is 0 Å². The van der Waals surface area contributed by atoms with Gasteiger partial charge in [0, 0.05) is 37.8 Å². The van der Waals surface area contributed by atoms with E-state index >= 15 is 0 Å². The van der Waals surface area contributed by atoms with Crippen LogP contribution in [0.2, 0.25) is 0 Å². The molecule has 0 atom stereocenters. The Balaban J connectivity index is 1.20. The molecule has 4 rings (SSSR count). The number of likely N-dealkylation sites (tertiary alicyclic amines) is 1. The minimum atomic E-state index is -0.444. The van der Waals surface area contributed by atoms with Crippen molar-refractivity contribution >= 4 is 11.8 Å². The lowest BCUT2D eigenvalue weighted by molar-refractivity contribution is -0.188. The van der Waals surface area contributed by atoms with E-state index in [2.05, 4.69) is 5.32 Å². The Kier molecular flexibility index (Phi) is 5.50. The molecule has 2 amide bonds. The highest BCUT2D eigenvalue weighted by Crippen LogP contribution is 2.34. The Morgan fingerprint density at radius 1 is 1.07 bits per heavy atom. The van der Waals surface area contributed by atoms with E-state index in [0.717, 1.165) is 44.3 Å². The summed E-state index contributed by atoms with van der Waals surface area (Å²) < 4.78 is 16.7. The number of hydrogen-bond acceptors (Lipinski definition) is 5. The van der Waals surface area contributed by atoms with Crippen molar-refractivity contribution in [2.75, 3.05) is 26.3 Å². The molecule has 3 heterocycles. The molecular weight excluding hydrogens is 348 g/mol. The number of furan rings is 1. The van der Waals surface area contributed by atoms with Crippen LogP contribution in [0.5, 0.6) is 0 Å². The minimum Gasteiger partial charge on any atom is -0.467 e. The van der Waals surface area contributed by atoms with Gasteiger partial charge in [-0.25, -0.2) is 0 Å². The van der Waals surface area contributed by atoms with Crippen LogP contribution in [0, 0.1) is 11.8 Å². The Labute approximate surface area is 159 Å². The van der Waals surface area contributed by atoms with Gasteiger partial charge in [0.15, 0.2) is 5.79 Å². The van der Waals surface area contributed by atoms with E-state index in [0.29, 0.717) is 32.8 Å². The average Bonchev–Trinajstić information content (AvgIpc) is 3.39. The van der Waals surface area contributed by atoms with Crippen LogP contribution in [-0.4, -0.2) is 48.8 Å². The lowest BCUT2D eigenvalue weighted by Gasteiger charge is -2.39. The number of piperidine rings is 1. The molecule has 1 aromatic rings. The third kappa shape index (κ3) is 4.19. The van der Waals surface area contributed by atoms with Gasteiger partial charge in [-0.05, 0) is 37.8 Å². The topological polar surface area (TPSA) is 81.0 Å². The first-order valence-electron chi connectivity index (χ1n) is 10.0. The fourth-order valence-electron chi connectivity index (χ4n) is 4.45. The number of nitrogens with one attached hydrogen (secondary N) is 1. The molecule has 2 saturated heterocycles. The summed E-state index contributed by atoms with van der Waals surface area (Å²) >= 11 is 0. The first kappa shape index (κ1) is 18.5. The summed E-state index contributed by atoms with van der Waals surface area (Å²) in [7, 11) is 0. The third-order valence-corrected chi connectivity index (χ3v) is 6.11. The molecule has 1 spiro atoms. The van der Waals surface area contributed by atoms with Crippen molar-refractivity contribution in [1.29, 1.82) is 0 Å². The highest BCUT2D eigenvalue weighted by Gasteiger charge is 2.42. The van der Waals surface area contributed by atoms with Crippen molar-refractivity contribution in [3.05, 3.63) is 24.2 Å². The lowest BCUT2D eigenvalue weighted by atomic mass is 9.80. The molecule has 1 saturated carbocycles. The number of carbonyl (C=O) groups is 2. The largest absolute Gasteiger partial charge is 0.467 e. The van der Waals surface area contributed by atoms with E-state index in [1.807, 2.05) is 17.0 Å². The zero-order valence-corrected chi connectivity index (χ0v) is 15.7. The van der Waals surface area contributed by atoms with Crippen LogP contribution in [0.1, 0.15) is 44.3 Å². The van der Waals surface area contributed by atoms with Crippen LogP contribution in [0.3, 0.4) is 0 Å². The maximum atomic E-state index is 12.8.